The number of hydrogen-bond donors (Lipinski definition) is 3. The van der Waals surface area contributed by atoms with Crippen LogP contribution in [0.5, 0.6) is 5.75 Å². The van der Waals surface area contributed by atoms with Crippen LogP contribution in [0.1, 0.15) is 18.7 Å². The van der Waals surface area contributed by atoms with E-state index in [9.17, 15) is 13.2 Å². The van der Waals surface area contributed by atoms with Crippen LogP contribution in [0, 0.1) is 0 Å². The number of nitrogens with zero attached hydrogens (tertiary/aromatic N) is 4. The van der Waals surface area contributed by atoms with Crippen molar-refractivity contribution in [3.8, 4) is 5.75 Å². The first-order valence-electron chi connectivity index (χ1n) is 7.94. The second-order valence-corrected chi connectivity index (χ2v) is 5.54. The van der Waals surface area contributed by atoms with Crippen molar-refractivity contribution in [2.24, 2.45) is 5.73 Å². The van der Waals surface area contributed by atoms with E-state index in [1.54, 1.807) is 12.1 Å². The predicted molar refractivity (Wildman–Crippen MR) is 89.8 cm³/mol. The van der Waals surface area contributed by atoms with Crippen molar-refractivity contribution < 1.29 is 17.9 Å². The van der Waals surface area contributed by atoms with Gasteiger partial charge in [-0.2, -0.15) is 13.2 Å². The summed E-state index contributed by atoms with van der Waals surface area (Å²) in [6, 6.07) is 4.60. The van der Waals surface area contributed by atoms with Gasteiger partial charge in [-0.15, -0.1) is 10.2 Å². The second-order valence-electron chi connectivity index (χ2n) is 5.54. The van der Waals surface area contributed by atoms with Gasteiger partial charge in [0, 0.05) is 12.6 Å². The van der Waals surface area contributed by atoms with Gasteiger partial charge in [-0.05, 0) is 31.5 Å². The van der Waals surface area contributed by atoms with Crippen LogP contribution < -0.4 is 21.3 Å². The Balaban J connectivity index is 2.09. The Labute approximate surface area is 146 Å². The highest BCUT2D eigenvalue weighted by molar-refractivity contribution is 5.84. The predicted octanol–water partition coefficient (Wildman–Crippen LogP) is 1.96. The van der Waals surface area contributed by atoms with Crippen LogP contribution >= 0.6 is 0 Å². The lowest BCUT2D eigenvalue weighted by molar-refractivity contribution is -0.145. The second kappa shape index (κ2) is 7.30. The van der Waals surface area contributed by atoms with E-state index >= 15 is 0 Å². The van der Waals surface area contributed by atoms with Gasteiger partial charge in [-0.25, -0.2) is 10.4 Å². The van der Waals surface area contributed by atoms with E-state index < -0.39 is 12.0 Å². The number of unbranched alkanes of at least 4 members (excludes halogenated alkanes) is 1. The average Bonchev–Trinajstić information content (AvgIpc) is 3.06. The molecule has 3 rings (SSSR count). The maximum Gasteiger partial charge on any atom is 0.452 e. The highest BCUT2D eigenvalue weighted by Gasteiger charge is 2.38. The zero-order chi connectivity index (χ0) is 18.7. The molecule has 0 aliphatic heterocycles. The molecular formula is C15H18F3N7O. The lowest BCUT2D eigenvalue weighted by Gasteiger charge is -2.12. The number of fused-ring (bicyclic) bond motifs is 3. The van der Waals surface area contributed by atoms with Gasteiger partial charge in [-0.3, -0.25) is 4.40 Å². The minimum atomic E-state index is -4.65. The van der Waals surface area contributed by atoms with E-state index in [0.717, 1.165) is 17.2 Å². The molecule has 0 spiro atoms. The fraction of sp³-hybridized carbons (Fsp3) is 0.400. The third-order valence-corrected chi connectivity index (χ3v) is 3.75. The Kier molecular flexibility index (Phi) is 5.09. The number of halogens is 3. The molecule has 3 aromatic rings. The molecule has 8 nitrogen and oxygen atoms in total. The van der Waals surface area contributed by atoms with Gasteiger partial charge in [0.25, 0.3) is 0 Å². The summed E-state index contributed by atoms with van der Waals surface area (Å²) in [5.74, 6) is -0.495. The Bertz CT molecular complexity index is 910. The quantitative estimate of drug-likeness (QED) is 0.432. The van der Waals surface area contributed by atoms with Crippen LogP contribution in [-0.4, -0.2) is 39.8 Å². The number of benzene rings is 1. The average molecular weight is 369 g/mol. The molecule has 0 unspecified atom stereocenters. The summed E-state index contributed by atoms with van der Waals surface area (Å²) in [5, 5.41) is 6.98. The third-order valence-electron chi connectivity index (χ3n) is 3.75. The molecule has 140 valence electrons. The zero-order valence-electron chi connectivity index (χ0n) is 14.0. The van der Waals surface area contributed by atoms with E-state index in [1.807, 2.05) is 0 Å². The molecule has 1 aromatic carbocycles. The summed E-state index contributed by atoms with van der Waals surface area (Å²) in [6.07, 6.45) is -3.02. The smallest absolute Gasteiger partial charge is 0.452 e. The number of nitrogens with one attached hydrogen (secondary N) is 2. The van der Waals surface area contributed by atoms with Gasteiger partial charge in [0.1, 0.15) is 5.75 Å². The number of alkyl halides is 3. The first kappa shape index (κ1) is 18.1. The summed E-state index contributed by atoms with van der Waals surface area (Å²) in [6.45, 7) is 1.14. The summed E-state index contributed by atoms with van der Waals surface area (Å²) in [7, 11) is 1.47. The first-order valence-corrected chi connectivity index (χ1v) is 7.94. The number of ether oxygens (including phenoxy) is 1. The number of hydrazine groups is 1. The zero-order valence-corrected chi connectivity index (χ0v) is 14.0. The fourth-order valence-electron chi connectivity index (χ4n) is 2.52. The van der Waals surface area contributed by atoms with E-state index in [2.05, 4.69) is 26.0 Å². The highest BCUT2D eigenvalue weighted by Crippen LogP contribution is 2.32. The largest absolute Gasteiger partial charge is 0.497 e. The molecule has 0 amide bonds. The Morgan fingerprint density at radius 2 is 2.04 bits per heavy atom. The number of anilines is 1. The molecule has 26 heavy (non-hydrogen) atoms. The minimum Gasteiger partial charge on any atom is -0.497 e. The van der Waals surface area contributed by atoms with Crippen molar-refractivity contribution >= 4 is 22.5 Å². The van der Waals surface area contributed by atoms with Crippen molar-refractivity contribution in [2.75, 3.05) is 25.6 Å². The molecule has 0 aliphatic carbocycles. The maximum absolute atomic E-state index is 13.3. The van der Waals surface area contributed by atoms with Gasteiger partial charge < -0.3 is 15.9 Å². The van der Waals surface area contributed by atoms with Crippen molar-refractivity contribution in [3.05, 3.63) is 24.0 Å². The van der Waals surface area contributed by atoms with E-state index in [1.165, 1.54) is 13.2 Å². The molecule has 4 N–H and O–H groups in total. The van der Waals surface area contributed by atoms with Crippen molar-refractivity contribution in [3.63, 3.8) is 0 Å². The van der Waals surface area contributed by atoms with E-state index in [-0.39, 0.29) is 17.0 Å². The van der Waals surface area contributed by atoms with Gasteiger partial charge in [0.15, 0.2) is 5.82 Å². The molecule has 11 heteroatoms. The normalized spacial score (nSPS) is 12.0. The van der Waals surface area contributed by atoms with Crippen LogP contribution in [0.4, 0.5) is 19.0 Å². The van der Waals surface area contributed by atoms with E-state index in [0.29, 0.717) is 24.4 Å². The number of methoxy groups -OCH3 is 1. The Morgan fingerprint density at radius 3 is 2.73 bits per heavy atom. The first-order chi connectivity index (χ1) is 12.5. The van der Waals surface area contributed by atoms with Gasteiger partial charge in [0.05, 0.1) is 18.1 Å². The number of hydrogen-bond acceptors (Lipinski definition) is 7. The monoisotopic (exact) mass is 369 g/mol. The van der Waals surface area contributed by atoms with Gasteiger partial charge in [0.2, 0.25) is 11.5 Å². The summed E-state index contributed by atoms with van der Waals surface area (Å²) >= 11 is 0. The van der Waals surface area contributed by atoms with Crippen molar-refractivity contribution in [1.29, 1.82) is 0 Å². The summed E-state index contributed by atoms with van der Waals surface area (Å²) in [4.78, 5) is 4.36. The molecule has 0 atom stereocenters. The SMILES string of the molecule is COc1ccc2c(c1)nc(NNCCCCN)c1nnc(C(F)(F)F)n12. The molecule has 0 saturated heterocycles. The molecular weight excluding hydrogens is 351 g/mol. The third kappa shape index (κ3) is 3.48. The van der Waals surface area contributed by atoms with Crippen LogP contribution in [0.25, 0.3) is 16.7 Å². The molecule has 2 aromatic heterocycles. The standard InChI is InChI=1S/C15H18F3N7O/c1-26-9-4-5-11-10(8-9)21-12(22-20-7-3-2-6-19)13-23-24-14(25(11)13)15(16,17)18/h4-5,8,20H,2-3,6-7,19H2,1H3,(H,21,22). The molecule has 2 heterocycles. The summed E-state index contributed by atoms with van der Waals surface area (Å²) in [5.41, 5.74) is 11.7. The van der Waals surface area contributed by atoms with Gasteiger partial charge >= 0.3 is 6.18 Å². The number of nitrogens with two attached hydrogens (primary N) is 1. The fourth-order valence-corrected chi connectivity index (χ4v) is 2.52. The lowest BCUT2D eigenvalue weighted by atomic mass is 10.2. The number of aromatic nitrogens is 4. The van der Waals surface area contributed by atoms with Crippen molar-refractivity contribution in [1.82, 2.24) is 25.0 Å². The lowest BCUT2D eigenvalue weighted by Crippen LogP contribution is -2.24. The summed E-state index contributed by atoms with van der Waals surface area (Å²) < 4.78 is 46.1. The van der Waals surface area contributed by atoms with Crippen LogP contribution in [-0.2, 0) is 6.18 Å². The molecule has 0 radical (unpaired) electrons. The Hall–Kier alpha value is -2.66. The van der Waals surface area contributed by atoms with Crippen LogP contribution in [0.15, 0.2) is 18.2 Å². The topological polar surface area (TPSA) is 102 Å². The number of rotatable bonds is 7. The molecule has 0 bridgehead atoms. The van der Waals surface area contributed by atoms with E-state index in [4.69, 9.17) is 10.5 Å². The van der Waals surface area contributed by atoms with Crippen molar-refractivity contribution in [2.45, 2.75) is 19.0 Å². The Morgan fingerprint density at radius 1 is 1.23 bits per heavy atom. The molecule has 0 aliphatic rings. The highest BCUT2D eigenvalue weighted by atomic mass is 19.4. The maximum atomic E-state index is 13.3. The molecule has 0 saturated carbocycles. The van der Waals surface area contributed by atoms with Gasteiger partial charge in [-0.1, -0.05) is 0 Å². The van der Waals surface area contributed by atoms with Crippen LogP contribution in [0.3, 0.4) is 0 Å². The van der Waals surface area contributed by atoms with Crippen LogP contribution in [0.2, 0.25) is 0 Å². The molecule has 0 fully saturated rings. The minimum absolute atomic E-state index is 0.0266.